The standard InChI is InChI=1S/C14H11ClFNOS/c15-11-8-10(6-7-12(11)16)19-13(14(17)18)9-4-2-1-3-5-9/h1-8,13H,(H2,17,18). The number of primary amides is 1. The van der Waals surface area contributed by atoms with E-state index in [1.54, 1.807) is 6.07 Å². The Balaban J connectivity index is 2.27. The summed E-state index contributed by atoms with van der Waals surface area (Å²) in [5, 5.41) is -0.496. The maximum absolute atomic E-state index is 13.1. The average molecular weight is 296 g/mol. The molecule has 19 heavy (non-hydrogen) atoms. The molecular weight excluding hydrogens is 285 g/mol. The Hall–Kier alpha value is -1.52. The summed E-state index contributed by atoms with van der Waals surface area (Å²) >= 11 is 6.97. The molecule has 1 atom stereocenters. The Kier molecular flexibility index (Phi) is 4.45. The van der Waals surface area contributed by atoms with Gasteiger partial charge in [-0.1, -0.05) is 41.9 Å². The molecule has 2 N–H and O–H groups in total. The Bertz CT molecular complexity index is 591. The SMILES string of the molecule is NC(=O)C(Sc1ccc(F)c(Cl)c1)c1ccccc1. The van der Waals surface area contributed by atoms with Gasteiger partial charge in [0.2, 0.25) is 5.91 Å². The molecule has 0 heterocycles. The molecule has 98 valence electrons. The average Bonchev–Trinajstić information content (AvgIpc) is 2.40. The van der Waals surface area contributed by atoms with Crippen LogP contribution < -0.4 is 5.73 Å². The van der Waals surface area contributed by atoms with Crippen molar-refractivity contribution in [3.8, 4) is 0 Å². The van der Waals surface area contributed by atoms with E-state index in [-0.39, 0.29) is 5.02 Å². The lowest BCUT2D eigenvalue weighted by Gasteiger charge is -2.13. The van der Waals surface area contributed by atoms with Crippen LogP contribution in [0.15, 0.2) is 53.4 Å². The van der Waals surface area contributed by atoms with Gasteiger partial charge in [0.1, 0.15) is 11.1 Å². The Morgan fingerprint density at radius 2 is 1.89 bits per heavy atom. The van der Waals surface area contributed by atoms with Crippen molar-refractivity contribution < 1.29 is 9.18 Å². The second-order valence-electron chi connectivity index (χ2n) is 3.89. The third-order valence-electron chi connectivity index (χ3n) is 2.51. The number of thioether (sulfide) groups is 1. The molecule has 0 spiro atoms. The summed E-state index contributed by atoms with van der Waals surface area (Å²) in [6, 6.07) is 13.5. The van der Waals surface area contributed by atoms with E-state index in [0.29, 0.717) is 4.90 Å². The fourth-order valence-electron chi connectivity index (χ4n) is 1.60. The van der Waals surface area contributed by atoms with Gasteiger partial charge in [-0.2, -0.15) is 0 Å². The first-order valence-corrected chi connectivity index (χ1v) is 6.79. The van der Waals surface area contributed by atoms with Crippen LogP contribution >= 0.6 is 23.4 Å². The largest absolute Gasteiger partial charge is 0.368 e. The van der Waals surface area contributed by atoms with Crippen molar-refractivity contribution in [2.75, 3.05) is 0 Å². The first-order valence-electron chi connectivity index (χ1n) is 5.54. The van der Waals surface area contributed by atoms with E-state index in [2.05, 4.69) is 0 Å². The topological polar surface area (TPSA) is 43.1 Å². The molecular formula is C14H11ClFNOS. The lowest BCUT2D eigenvalue weighted by atomic mass is 10.1. The zero-order chi connectivity index (χ0) is 13.8. The van der Waals surface area contributed by atoms with E-state index in [1.807, 2.05) is 30.3 Å². The summed E-state index contributed by atoms with van der Waals surface area (Å²) in [6.07, 6.45) is 0. The predicted octanol–water partition coefficient (Wildman–Crippen LogP) is 3.80. The molecule has 0 saturated carbocycles. The summed E-state index contributed by atoms with van der Waals surface area (Å²) in [7, 11) is 0. The molecule has 5 heteroatoms. The van der Waals surface area contributed by atoms with Crippen molar-refractivity contribution in [2.24, 2.45) is 5.73 Å². The first-order chi connectivity index (χ1) is 9.08. The minimum Gasteiger partial charge on any atom is -0.368 e. The molecule has 1 amide bonds. The number of rotatable bonds is 4. The van der Waals surface area contributed by atoms with E-state index in [9.17, 15) is 9.18 Å². The van der Waals surface area contributed by atoms with E-state index in [0.717, 1.165) is 5.56 Å². The summed E-state index contributed by atoms with van der Waals surface area (Å²) < 4.78 is 13.1. The number of carbonyl (C=O) groups excluding carboxylic acids is 1. The van der Waals surface area contributed by atoms with Gasteiger partial charge in [-0.05, 0) is 23.8 Å². The van der Waals surface area contributed by atoms with Gasteiger partial charge in [-0.15, -0.1) is 11.8 Å². The van der Waals surface area contributed by atoms with Gasteiger partial charge in [0.25, 0.3) is 0 Å². The van der Waals surface area contributed by atoms with E-state index >= 15 is 0 Å². The third-order valence-corrected chi connectivity index (χ3v) is 4.06. The maximum atomic E-state index is 13.1. The van der Waals surface area contributed by atoms with Gasteiger partial charge in [0, 0.05) is 4.90 Å². The molecule has 0 aliphatic rings. The second kappa shape index (κ2) is 6.08. The summed E-state index contributed by atoms with van der Waals surface area (Å²) in [4.78, 5) is 12.2. The number of amides is 1. The predicted molar refractivity (Wildman–Crippen MR) is 75.6 cm³/mol. The van der Waals surface area contributed by atoms with Crippen molar-refractivity contribution >= 4 is 29.3 Å². The second-order valence-corrected chi connectivity index (χ2v) is 5.47. The lowest BCUT2D eigenvalue weighted by molar-refractivity contribution is -0.117. The van der Waals surface area contributed by atoms with Crippen molar-refractivity contribution in [2.45, 2.75) is 10.1 Å². The molecule has 2 nitrogen and oxygen atoms in total. The molecule has 2 rings (SSSR count). The highest BCUT2D eigenvalue weighted by Crippen LogP contribution is 2.36. The highest BCUT2D eigenvalue weighted by atomic mass is 35.5. The maximum Gasteiger partial charge on any atom is 0.235 e. The number of carbonyl (C=O) groups is 1. The van der Waals surface area contributed by atoms with E-state index in [1.165, 1.54) is 23.9 Å². The highest BCUT2D eigenvalue weighted by molar-refractivity contribution is 8.00. The van der Waals surface area contributed by atoms with Crippen molar-refractivity contribution in [3.63, 3.8) is 0 Å². The number of nitrogens with two attached hydrogens (primary N) is 1. The van der Waals surface area contributed by atoms with Crippen LogP contribution in [0.5, 0.6) is 0 Å². The first kappa shape index (κ1) is 13.9. The molecule has 0 aliphatic heterocycles. The quantitative estimate of drug-likeness (QED) is 0.872. The molecule has 0 aliphatic carbocycles. The van der Waals surface area contributed by atoms with Crippen LogP contribution in [0.4, 0.5) is 4.39 Å². The summed E-state index contributed by atoms with van der Waals surface area (Å²) in [5.74, 6) is -0.932. The highest BCUT2D eigenvalue weighted by Gasteiger charge is 2.19. The molecule has 2 aromatic carbocycles. The van der Waals surface area contributed by atoms with E-state index < -0.39 is 17.0 Å². The van der Waals surface area contributed by atoms with Crippen LogP contribution in [0.1, 0.15) is 10.8 Å². The van der Waals surface area contributed by atoms with Crippen molar-refractivity contribution in [3.05, 3.63) is 64.9 Å². The van der Waals surface area contributed by atoms with Gasteiger partial charge in [-0.3, -0.25) is 4.79 Å². The van der Waals surface area contributed by atoms with Crippen LogP contribution in [-0.2, 0) is 4.79 Å². The van der Waals surface area contributed by atoms with E-state index in [4.69, 9.17) is 17.3 Å². The molecule has 0 aromatic heterocycles. The van der Waals surface area contributed by atoms with Gasteiger partial charge in [0.15, 0.2) is 0 Å². The number of benzene rings is 2. The van der Waals surface area contributed by atoms with Crippen LogP contribution in [0.2, 0.25) is 5.02 Å². The third kappa shape index (κ3) is 3.49. The zero-order valence-corrected chi connectivity index (χ0v) is 11.4. The van der Waals surface area contributed by atoms with Crippen LogP contribution in [0, 0.1) is 5.82 Å². The summed E-state index contributed by atoms with van der Waals surface area (Å²) in [6.45, 7) is 0. The summed E-state index contributed by atoms with van der Waals surface area (Å²) in [5.41, 5.74) is 6.22. The Labute approximate surface area is 119 Å². The van der Waals surface area contributed by atoms with Crippen LogP contribution in [0.25, 0.3) is 0 Å². The Morgan fingerprint density at radius 3 is 2.47 bits per heavy atom. The van der Waals surface area contributed by atoms with Gasteiger partial charge >= 0.3 is 0 Å². The lowest BCUT2D eigenvalue weighted by Crippen LogP contribution is -2.18. The number of hydrogen-bond donors (Lipinski definition) is 1. The normalized spacial score (nSPS) is 12.1. The van der Waals surface area contributed by atoms with Crippen LogP contribution in [0.3, 0.4) is 0 Å². The van der Waals surface area contributed by atoms with Crippen molar-refractivity contribution in [1.82, 2.24) is 0 Å². The minimum absolute atomic E-state index is 0.0290. The minimum atomic E-state index is -0.525. The molecule has 0 radical (unpaired) electrons. The molecule has 0 saturated heterocycles. The van der Waals surface area contributed by atoms with Gasteiger partial charge < -0.3 is 5.73 Å². The molecule has 2 aromatic rings. The molecule has 0 fully saturated rings. The zero-order valence-electron chi connectivity index (χ0n) is 9.85. The number of hydrogen-bond acceptors (Lipinski definition) is 2. The number of halogens is 2. The van der Waals surface area contributed by atoms with Gasteiger partial charge in [0.05, 0.1) is 5.02 Å². The van der Waals surface area contributed by atoms with Crippen molar-refractivity contribution in [1.29, 1.82) is 0 Å². The Morgan fingerprint density at radius 1 is 1.21 bits per heavy atom. The smallest absolute Gasteiger partial charge is 0.235 e. The molecule has 0 bridgehead atoms. The van der Waals surface area contributed by atoms with Gasteiger partial charge in [-0.25, -0.2) is 4.39 Å². The molecule has 1 unspecified atom stereocenters. The fraction of sp³-hybridized carbons (Fsp3) is 0.0714. The monoisotopic (exact) mass is 295 g/mol. The fourth-order valence-corrected chi connectivity index (χ4v) is 2.86. The van der Waals surface area contributed by atoms with Crippen LogP contribution in [-0.4, -0.2) is 5.91 Å².